The monoisotopic (exact) mass is 242 g/mol. The second kappa shape index (κ2) is 5.49. The van der Waals surface area contributed by atoms with Crippen LogP contribution in [0, 0.1) is 5.41 Å². The molecule has 1 heterocycles. The fourth-order valence-electron chi connectivity index (χ4n) is 1.84. The van der Waals surface area contributed by atoms with Crippen LogP contribution in [0.15, 0.2) is 0 Å². The summed E-state index contributed by atoms with van der Waals surface area (Å²) in [5, 5.41) is 8.76. The number of aliphatic hydroxyl groups excluding tert-OH is 1. The summed E-state index contributed by atoms with van der Waals surface area (Å²) in [6.07, 6.45) is 0.807. The predicted octanol–water partition coefficient (Wildman–Crippen LogP) is 0.0857. The lowest BCUT2D eigenvalue weighted by Gasteiger charge is -2.38. The number of carbonyl (C=O) groups excluding carboxylic acids is 2. The van der Waals surface area contributed by atoms with Crippen LogP contribution in [0.4, 0.5) is 0 Å². The largest absolute Gasteiger partial charge is 0.387 e. The van der Waals surface area contributed by atoms with Crippen LogP contribution in [0.3, 0.4) is 0 Å². The third kappa shape index (κ3) is 3.19. The van der Waals surface area contributed by atoms with E-state index in [1.165, 1.54) is 0 Å². The summed E-state index contributed by atoms with van der Waals surface area (Å²) in [7, 11) is 0. The zero-order valence-corrected chi connectivity index (χ0v) is 10.9. The highest BCUT2D eigenvalue weighted by Gasteiger charge is 2.32. The fourth-order valence-corrected chi connectivity index (χ4v) is 1.84. The van der Waals surface area contributed by atoms with Gasteiger partial charge in [0, 0.05) is 31.6 Å². The number of rotatable bonds is 3. The Morgan fingerprint density at radius 3 is 2.00 bits per heavy atom. The van der Waals surface area contributed by atoms with Crippen LogP contribution in [-0.4, -0.2) is 59.5 Å². The molecule has 0 atom stereocenters. The van der Waals surface area contributed by atoms with E-state index in [9.17, 15) is 9.59 Å². The molecule has 1 fully saturated rings. The minimum atomic E-state index is -0.450. The van der Waals surface area contributed by atoms with E-state index in [4.69, 9.17) is 5.11 Å². The molecule has 5 nitrogen and oxygen atoms in total. The van der Waals surface area contributed by atoms with E-state index in [1.54, 1.807) is 4.90 Å². The zero-order chi connectivity index (χ0) is 13.1. The van der Waals surface area contributed by atoms with Crippen molar-refractivity contribution in [2.24, 2.45) is 5.41 Å². The predicted molar refractivity (Wildman–Crippen MR) is 64.3 cm³/mol. The molecule has 0 radical (unpaired) electrons. The molecule has 5 heteroatoms. The lowest BCUT2D eigenvalue weighted by atomic mass is 9.88. The maximum Gasteiger partial charge on any atom is 0.248 e. The Bertz CT molecular complexity index is 294. The Morgan fingerprint density at radius 2 is 1.59 bits per heavy atom. The lowest BCUT2D eigenvalue weighted by Crippen LogP contribution is -2.53. The third-order valence-electron chi connectivity index (χ3n) is 3.52. The van der Waals surface area contributed by atoms with Crippen molar-refractivity contribution in [1.82, 2.24) is 9.80 Å². The molecule has 0 bridgehead atoms. The van der Waals surface area contributed by atoms with Crippen molar-refractivity contribution >= 4 is 11.8 Å². The van der Waals surface area contributed by atoms with E-state index in [-0.39, 0.29) is 17.2 Å². The van der Waals surface area contributed by atoms with E-state index >= 15 is 0 Å². The Balaban J connectivity index is 2.52. The normalized spacial score (nSPS) is 17.2. The van der Waals surface area contributed by atoms with E-state index in [0.717, 1.165) is 6.42 Å². The Labute approximate surface area is 102 Å². The van der Waals surface area contributed by atoms with Crippen LogP contribution >= 0.6 is 0 Å². The number of carbonyl (C=O) groups is 2. The van der Waals surface area contributed by atoms with Crippen LogP contribution in [0.5, 0.6) is 0 Å². The summed E-state index contributed by atoms with van der Waals surface area (Å²) in [5.74, 6) is -0.108. The molecule has 0 saturated carbocycles. The van der Waals surface area contributed by atoms with Crippen molar-refractivity contribution in [1.29, 1.82) is 0 Å². The first-order chi connectivity index (χ1) is 7.92. The molecule has 1 aliphatic heterocycles. The van der Waals surface area contributed by atoms with Crippen LogP contribution in [0.25, 0.3) is 0 Å². The Morgan fingerprint density at radius 1 is 1.12 bits per heavy atom. The molecule has 98 valence electrons. The quantitative estimate of drug-likeness (QED) is 0.762. The number of hydrogen-bond donors (Lipinski definition) is 1. The number of piperazine rings is 1. The minimum Gasteiger partial charge on any atom is -0.387 e. The number of nitrogens with zero attached hydrogens (tertiary/aromatic N) is 2. The first-order valence-corrected chi connectivity index (χ1v) is 6.10. The second-order valence-electron chi connectivity index (χ2n) is 5.07. The molecular weight excluding hydrogens is 220 g/mol. The molecular formula is C12H22N2O3. The van der Waals surface area contributed by atoms with Gasteiger partial charge in [0.1, 0.15) is 6.61 Å². The lowest BCUT2D eigenvalue weighted by molar-refractivity contribution is -0.146. The molecule has 0 aliphatic carbocycles. The van der Waals surface area contributed by atoms with E-state index in [2.05, 4.69) is 0 Å². The first kappa shape index (κ1) is 14.0. The highest BCUT2D eigenvalue weighted by molar-refractivity contribution is 5.82. The van der Waals surface area contributed by atoms with Gasteiger partial charge >= 0.3 is 0 Å². The molecule has 0 unspecified atom stereocenters. The second-order valence-corrected chi connectivity index (χ2v) is 5.07. The summed E-state index contributed by atoms with van der Waals surface area (Å²) in [6, 6.07) is 0. The average molecular weight is 242 g/mol. The number of aliphatic hydroxyl groups is 1. The van der Waals surface area contributed by atoms with Crippen LogP contribution in [0.2, 0.25) is 0 Å². The molecule has 1 saturated heterocycles. The maximum absolute atomic E-state index is 12.2. The summed E-state index contributed by atoms with van der Waals surface area (Å²) in [4.78, 5) is 26.8. The molecule has 1 aliphatic rings. The third-order valence-corrected chi connectivity index (χ3v) is 3.52. The van der Waals surface area contributed by atoms with Gasteiger partial charge in [-0.15, -0.1) is 0 Å². The van der Waals surface area contributed by atoms with Gasteiger partial charge in [0.2, 0.25) is 11.8 Å². The van der Waals surface area contributed by atoms with Crippen molar-refractivity contribution in [2.45, 2.75) is 27.2 Å². The molecule has 1 rings (SSSR count). The Kier molecular flexibility index (Phi) is 4.51. The summed E-state index contributed by atoms with van der Waals surface area (Å²) < 4.78 is 0. The van der Waals surface area contributed by atoms with Crippen molar-refractivity contribution in [2.75, 3.05) is 32.8 Å². The van der Waals surface area contributed by atoms with Crippen LogP contribution < -0.4 is 0 Å². The van der Waals surface area contributed by atoms with Gasteiger partial charge in [0.05, 0.1) is 0 Å². The topological polar surface area (TPSA) is 60.9 Å². The SMILES string of the molecule is CCC(C)(C)C(=O)N1CCN(C(=O)CO)CC1. The summed E-state index contributed by atoms with van der Waals surface area (Å²) in [5.41, 5.74) is -0.330. The van der Waals surface area contributed by atoms with Crippen molar-refractivity contribution in [3.8, 4) is 0 Å². The smallest absolute Gasteiger partial charge is 0.248 e. The fraction of sp³-hybridized carbons (Fsp3) is 0.833. The van der Waals surface area contributed by atoms with Gasteiger partial charge in [-0.25, -0.2) is 0 Å². The van der Waals surface area contributed by atoms with Gasteiger partial charge in [-0.2, -0.15) is 0 Å². The van der Waals surface area contributed by atoms with Gasteiger partial charge in [-0.3, -0.25) is 9.59 Å². The maximum atomic E-state index is 12.2. The zero-order valence-electron chi connectivity index (χ0n) is 10.9. The molecule has 0 aromatic carbocycles. The summed E-state index contributed by atoms with van der Waals surface area (Å²) >= 11 is 0. The Hall–Kier alpha value is -1.10. The van der Waals surface area contributed by atoms with Gasteiger partial charge in [-0.05, 0) is 6.42 Å². The molecule has 0 aromatic heterocycles. The molecule has 2 amide bonds. The van der Waals surface area contributed by atoms with E-state index in [0.29, 0.717) is 26.2 Å². The average Bonchev–Trinajstić information content (AvgIpc) is 2.37. The van der Waals surface area contributed by atoms with E-state index in [1.807, 2.05) is 25.7 Å². The van der Waals surface area contributed by atoms with Gasteiger partial charge < -0.3 is 14.9 Å². The molecule has 1 N–H and O–H groups in total. The van der Waals surface area contributed by atoms with Gasteiger partial charge in [0.25, 0.3) is 0 Å². The van der Waals surface area contributed by atoms with Crippen LogP contribution in [-0.2, 0) is 9.59 Å². The standard InChI is InChI=1S/C12H22N2O3/c1-4-12(2,3)11(17)14-7-5-13(6-8-14)10(16)9-15/h15H,4-9H2,1-3H3. The first-order valence-electron chi connectivity index (χ1n) is 6.10. The van der Waals surface area contributed by atoms with Crippen molar-refractivity contribution in [3.05, 3.63) is 0 Å². The van der Waals surface area contributed by atoms with Gasteiger partial charge in [-0.1, -0.05) is 20.8 Å². The summed E-state index contributed by atoms with van der Waals surface area (Å²) in [6.45, 7) is 7.61. The number of amides is 2. The van der Waals surface area contributed by atoms with Crippen LogP contribution in [0.1, 0.15) is 27.2 Å². The highest BCUT2D eigenvalue weighted by Crippen LogP contribution is 2.23. The molecule has 17 heavy (non-hydrogen) atoms. The molecule has 0 spiro atoms. The number of hydrogen-bond acceptors (Lipinski definition) is 3. The van der Waals surface area contributed by atoms with Crippen molar-refractivity contribution in [3.63, 3.8) is 0 Å². The highest BCUT2D eigenvalue weighted by atomic mass is 16.3. The van der Waals surface area contributed by atoms with E-state index < -0.39 is 6.61 Å². The van der Waals surface area contributed by atoms with Crippen molar-refractivity contribution < 1.29 is 14.7 Å². The minimum absolute atomic E-state index is 0.149. The molecule has 0 aromatic rings. The van der Waals surface area contributed by atoms with Gasteiger partial charge in [0.15, 0.2) is 0 Å².